The number of aromatic nitrogens is 1. The molecule has 1 saturated carbocycles. The van der Waals surface area contributed by atoms with Gasteiger partial charge in [0.25, 0.3) is 0 Å². The second kappa shape index (κ2) is 4.63. The van der Waals surface area contributed by atoms with E-state index >= 15 is 0 Å². The van der Waals surface area contributed by atoms with Gasteiger partial charge in [0.15, 0.2) is 0 Å². The molecule has 1 aromatic heterocycles. The Bertz CT molecular complexity index is 515. The van der Waals surface area contributed by atoms with Gasteiger partial charge < -0.3 is 5.73 Å². The van der Waals surface area contributed by atoms with Crippen molar-refractivity contribution < 1.29 is 0 Å². The van der Waals surface area contributed by atoms with E-state index in [0.29, 0.717) is 0 Å². The van der Waals surface area contributed by atoms with Gasteiger partial charge in [-0.05, 0) is 37.3 Å². The summed E-state index contributed by atoms with van der Waals surface area (Å²) in [7, 11) is 0. The Hall–Kier alpha value is -0.930. The first-order valence-electron chi connectivity index (χ1n) is 6.82. The molecule has 18 heavy (non-hydrogen) atoms. The standard InChI is InChI=1S/C15H20N2S/c1-2-11-7-8-15(16,9-11)10-14-17-12-5-3-4-6-13(12)18-14/h3-6,11H,2,7-10,16H2,1H3. The Balaban J connectivity index is 1.80. The quantitative estimate of drug-likeness (QED) is 0.913. The molecule has 3 heteroatoms. The number of hydrogen-bond donors (Lipinski definition) is 1. The fourth-order valence-electron chi connectivity index (χ4n) is 3.08. The Morgan fingerprint density at radius 3 is 3.00 bits per heavy atom. The van der Waals surface area contributed by atoms with Crippen LogP contribution in [0.1, 0.15) is 37.6 Å². The summed E-state index contributed by atoms with van der Waals surface area (Å²) in [6.07, 6.45) is 5.82. The van der Waals surface area contributed by atoms with Crippen LogP contribution in [0.15, 0.2) is 24.3 Å². The molecule has 3 rings (SSSR count). The van der Waals surface area contributed by atoms with Gasteiger partial charge in [-0.1, -0.05) is 25.5 Å². The summed E-state index contributed by atoms with van der Waals surface area (Å²) in [5, 5.41) is 1.20. The van der Waals surface area contributed by atoms with Gasteiger partial charge >= 0.3 is 0 Å². The molecule has 0 spiro atoms. The Morgan fingerprint density at radius 1 is 1.44 bits per heavy atom. The van der Waals surface area contributed by atoms with E-state index in [1.165, 1.54) is 29.0 Å². The lowest BCUT2D eigenvalue weighted by molar-refractivity contribution is 0.406. The second-order valence-corrected chi connectivity index (χ2v) is 6.75. The lowest BCUT2D eigenvalue weighted by atomic mass is 9.93. The summed E-state index contributed by atoms with van der Waals surface area (Å²) in [5.74, 6) is 0.823. The summed E-state index contributed by atoms with van der Waals surface area (Å²) in [4.78, 5) is 4.71. The van der Waals surface area contributed by atoms with Crippen LogP contribution in [-0.4, -0.2) is 10.5 Å². The van der Waals surface area contributed by atoms with E-state index in [9.17, 15) is 0 Å². The van der Waals surface area contributed by atoms with Crippen LogP contribution in [0.25, 0.3) is 10.2 Å². The van der Waals surface area contributed by atoms with Crippen molar-refractivity contribution in [2.24, 2.45) is 11.7 Å². The minimum Gasteiger partial charge on any atom is -0.325 e. The van der Waals surface area contributed by atoms with E-state index in [4.69, 9.17) is 10.7 Å². The number of nitrogens with zero attached hydrogens (tertiary/aromatic N) is 1. The van der Waals surface area contributed by atoms with Crippen LogP contribution in [0, 0.1) is 5.92 Å². The van der Waals surface area contributed by atoms with E-state index in [-0.39, 0.29) is 5.54 Å². The van der Waals surface area contributed by atoms with Crippen LogP contribution in [0.4, 0.5) is 0 Å². The van der Waals surface area contributed by atoms with Crippen molar-refractivity contribution in [2.75, 3.05) is 0 Å². The lowest BCUT2D eigenvalue weighted by Crippen LogP contribution is -2.39. The third-order valence-corrected chi connectivity index (χ3v) is 5.20. The van der Waals surface area contributed by atoms with Gasteiger partial charge in [0, 0.05) is 12.0 Å². The van der Waals surface area contributed by atoms with Crippen molar-refractivity contribution in [3.05, 3.63) is 29.3 Å². The minimum absolute atomic E-state index is 0.00540. The van der Waals surface area contributed by atoms with Crippen LogP contribution >= 0.6 is 11.3 Å². The number of para-hydroxylation sites is 1. The van der Waals surface area contributed by atoms with Crippen molar-refractivity contribution in [1.82, 2.24) is 4.98 Å². The number of nitrogens with two attached hydrogens (primary N) is 1. The number of thiazole rings is 1. The fourth-order valence-corrected chi connectivity index (χ4v) is 4.20. The van der Waals surface area contributed by atoms with Gasteiger partial charge in [-0.25, -0.2) is 4.98 Å². The number of hydrogen-bond acceptors (Lipinski definition) is 3. The third kappa shape index (κ3) is 2.29. The highest BCUT2D eigenvalue weighted by Gasteiger charge is 2.35. The SMILES string of the molecule is CCC1CCC(N)(Cc2nc3ccccc3s2)C1. The molecule has 1 aromatic carbocycles. The maximum Gasteiger partial charge on any atom is 0.0956 e. The molecule has 96 valence electrons. The summed E-state index contributed by atoms with van der Waals surface area (Å²) in [5.41, 5.74) is 7.66. The average molecular weight is 260 g/mol. The highest BCUT2D eigenvalue weighted by molar-refractivity contribution is 7.18. The number of fused-ring (bicyclic) bond motifs is 1. The van der Waals surface area contributed by atoms with Gasteiger partial charge in [0.2, 0.25) is 0 Å². The largest absolute Gasteiger partial charge is 0.325 e. The molecule has 2 N–H and O–H groups in total. The number of benzene rings is 1. The number of rotatable bonds is 3. The highest BCUT2D eigenvalue weighted by atomic mass is 32.1. The summed E-state index contributed by atoms with van der Waals surface area (Å²) >= 11 is 1.80. The van der Waals surface area contributed by atoms with Crippen molar-refractivity contribution in [3.8, 4) is 0 Å². The molecule has 2 nitrogen and oxygen atoms in total. The normalized spacial score (nSPS) is 28.0. The third-order valence-electron chi connectivity index (χ3n) is 4.16. The Labute approximate surface area is 112 Å². The second-order valence-electron chi connectivity index (χ2n) is 5.63. The smallest absolute Gasteiger partial charge is 0.0956 e. The molecular formula is C15H20N2S. The predicted octanol–water partition coefficient (Wildman–Crippen LogP) is 3.75. The first kappa shape index (κ1) is 12.1. The Kier molecular flexibility index (Phi) is 3.12. The molecule has 1 aliphatic rings. The zero-order valence-electron chi connectivity index (χ0n) is 10.9. The predicted molar refractivity (Wildman–Crippen MR) is 77.9 cm³/mol. The summed E-state index contributed by atoms with van der Waals surface area (Å²) in [6, 6.07) is 8.35. The van der Waals surface area contributed by atoms with Crippen molar-refractivity contribution >= 4 is 21.6 Å². The van der Waals surface area contributed by atoms with Crippen molar-refractivity contribution in [2.45, 2.75) is 44.6 Å². The first-order valence-corrected chi connectivity index (χ1v) is 7.63. The molecule has 1 fully saturated rings. The monoisotopic (exact) mass is 260 g/mol. The van der Waals surface area contributed by atoms with Crippen LogP contribution in [0.3, 0.4) is 0 Å². The molecule has 1 heterocycles. The van der Waals surface area contributed by atoms with E-state index in [1.807, 2.05) is 6.07 Å². The van der Waals surface area contributed by atoms with Crippen molar-refractivity contribution in [3.63, 3.8) is 0 Å². The molecule has 0 aliphatic heterocycles. The van der Waals surface area contributed by atoms with Crippen molar-refractivity contribution in [1.29, 1.82) is 0 Å². The van der Waals surface area contributed by atoms with E-state index < -0.39 is 0 Å². The van der Waals surface area contributed by atoms with E-state index in [0.717, 1.165) is 24.3 Å². The van der Waals surface area contributed by atoms with Crippen LogP contribution in [0.5, 0.6) is 0 Å². The van der Waals surface area contributed by atoms with Gasteiger partial charge in [0.05, 0.1) is 15.2 Å². The average Bonchev–Trinajstić information content (AvgIpc) is 2.92. The molecule has 0 saturated heterocycles. The fraction of sp³-hybridized carbons (Fsp3) is 0.533. The van der Waals surface area contributed by atoms with Gasteiger partial charge in [-0.15, -0.1) is 11.3 Å². The van der Waals surface area contributed by atoms with Crippen LogP contribution < -0.4 is 5.73 Å². The zero-order valence-corrected chi connectivity index (χ0v) is 11.7. The minimum atomic E-state index is -0.00540. The molecule has 0 amide bonds. The lowest BCUT2D eigenvalue weighted by Gasteiger charge is -2.22. The van der Waals surface area contributed by atoms with Gasteiger partial charge in [0.1, 0.15) is 0 Å². The molecule has 0 radical (unpaired) electrons. The molecule has 1 aliphatic carbocycles. The molecule has 2 atom stereocenters. The van der Waals surface area contributed by atoms with E-state index in [1.54, 1.807) is 11.3 Å². The summed E-state index contributed by atoms with van der Waals surface area (Å²) < 4.78 is 1.28. The highest BCUT2D eigenvalue weighted by Crippen LogP contribution is 2.37. The maximum absolute atomic E-state index is 6.55. The first-order chi connectivity index (χ1) is 8.68. The summed E-state index contributed by atoms with van der Waals surface area (Å²) in [6.45, 7) is 2.27. The molecule has 2 unspecified atom stereocenters. The van der Waals surface area contributed by atoms with Gasteiger partial charge in [-0.3, -0.25) is 0 Å². The zero-order chi connectivity index (χ0) is 12.6. The van der Waals surface area contributed by atoms with E-state index in [2.05, 4.69) is 25.1 Å². The maximum atomic E-state index is 6.55. The van der Waals surface area contributed by atoms with Crippen LogP contribution in [-0.2, 0) is 6.42 Å². The molecule has 0 bridgehead atoms. The van der Waals surface area contributed by atoms with Crippen LogP contribution in [0.2, 0.25) is 0 Å². The van der Waals surface area contributed by atoms with Gasteiger partial charge in [-0.2, -0.15) is 0 Å². The molecular weight excluding hydrogens is 240 g/mol. The Morgan fingerprint density at radius 2 is 2.28 bits per heavy atom. The molecule has 2 aromatic rings. The topological polar surface area (TPSA) is 38.9 Å².